The van der Waals surface area contributed by atoms with Gasteiger partial charge in [0.25, 0.3) is 0 Å². The zero-order valence-electron chi connectivity index (χ0n) is 12.0. The van der Waals surface area contributed by atoms with Crippen molar-refractivity contribution in [1.29, 1.82) is 0 Å². The van der Waals surface area contributed by atoms with Gasteiger partial charge in [-0.2, -0.15) is 0 Å². The van der Waals surface area contributed by atoms with Crippen molar-refractivity contribution >= 4 is 11.5 Å². The molecule has 4 heteroatoms. The first-order chi connectivity index (χ1) is 9.21. The third-order valence-corrected chi connectivity index (χ3v) is 2.59. The van der Waals surface area contributed by atoms with Crippen molar-refractivity contribution in [2.45, 2.75) is 26.8 Å². The van der Waals surface area contributed by atoms with Crippen molar-refractivity contribution in [2.75, 3.05) is 18.6 Å². The van der Waals surface area contributed by atoms with Crippen LogP contribution in [0.25, 0.3) is 0 Å². The minimum absolute atomic E-state index is 0.470. The van der Waals surface area contributed by atoms with E-state index in [0.717, 1.165) is 22.8 Å². The molecule has 0 amide bonds. The van der Waals surface area contributed by atoms with Crippen LogP contribution in [0.4, 0.5) is 5.69 Å². The Labute approximate surface area is 115 Å². The van der Waals surface area contributed by atoms with E-state index in [1.807, 2.05) is 23.1 Å². The molecule has 104 valence electrons. The van der Waals surface area contributed by atoms with E-state index in [4.69, 9.17) is 10.5 Å². The summed E-state index contributed by atoms with van der Waals surface area (Å²) in [5, 5.41) is 0. The van der Waals surface area contributed by atoms with Crippen LogP contribution in [0.1, 0.15) is 25.8 Å². The van der Waals surface area contributed by atoms with Gasteiger partial charge in [0, 0.05) is 19.8 Å². The van der Waals surface area contributed by atoms with Gasteiger partial charge in [0.2, 0.25) is 0 Å². The summed E-state index contributed by atoms with van der Waals surface area (Å²) in [7, 11) is 1.74. The first kappa shape index (κ1) is 15.2. The Morgan fingerprint density at radius 3 is 2.68 bits per heavy atom. The molecule has 19 heavy (non-hydrogen) atoms. The van der Waals surface area contributed by atoms with Crippen molar-refractivity contribution < 1.29 is 4.74 Å². The highest BCUT2D eigenvalue weighted by Gasteiger charge is 2.21. The van der Waals surface area contributed by atoms with Gasteiger partial charge >= 0.3 is 0 Å². The molecule has 0 aromatic heterocycles. The molecule has 2 N–H and O–H groups in total. The van der Waals surface area contributed by atoms with Crippen molar-refractivity contribution in [1.82, 2.24) is 0 Å². The summed E-state index contributed by atoms with van der Waals surface area (Å²) in [5.41, 5.74) is 7.63. The number of anilines is 1. The Kier molecular flexibility index (Phi) is 6.09. The summed E-state index contributed by atoms with van der Waals surface area (Å²) in [6, 6.07) is 5.90. The largest absolute Gasteiger partial charge is 0.483 e. The SMILES string of the molecule is C=CN1C(=NC)COc2ccc(CN)cc21.CCC. The summed E-state index contributed by atoms with van der Waals surface area (Å²) >= 11 is 0. The van der Waals surface area contributed by atoms with Crippen LogP contribution in [-0.2, 0) is 6.54 Å². The standard InChI is InChI=1S/C12H15N3O.C3H8/c1-3-15-10-6-9(7-13)4-5-11(10)16-8-12(15)14-2;1-3-2/h3-6H,1,7-8,13H2,2H3;3H2,1-2H3. The molecule has 0 aliphatic carbocycles. The van der Waals surface area contributed by atoms with Crippen molar-refractivity contribution in [2.24, 2.45) is 10.7 Å². The molecular formula is C15H23N3O. The van der Waals surface area contributed by atoms with E-state index in [0.29, 0.717) is 13.2 Å². The fraction of sp³-hybridized carbons (Fsp3) is 0.400. The highest BCUT2D eigenvalue weighted by molar-refractivity contribution is 6.03. The second-order valence-corrected chi connectivity index (χ2v) is 4.19. The van der Waals surface area contributed by atoms with Gasteiger partial charge in [0.05, 0.1) is 5.69 Å². The summed E-state index contributed by atoms with van der Waals surface area (Å²) in [6.07, 6.45) is 2.99. The van der Waals surface area contributed by atoms with Gasteiger partial charge in [-0.05, 0) is 17.7 Å². The van der Waals surface area contributed by atoms with Gasteiger partial charge in [-0.3, -0.25) is 9.89 Å². The summed E-state index contributed by atoms with van der Waals surface area (Å²) in [4.78, 5) is 6.10. The van der Waals surface area contributed by atoms with Gasteiger partial charge in [-0.25, -0.2) is 0 Å². The maximum absolute atomic E-state index is 5.62. The molecule has 1 aromatic rings. The van der Waals surface area contributed by atoms with Gasteiger partial charge in [-0.1, -0.05) is 32.9 Å². The van der Waals surface area contributed by atoms with Crippen LogP contribution in [0.15, 0.2) is 36.0 Å². The zero-order chi connectivity index (χ0) is 14.3. The van der Waals surface area contributed by atoms with Crippen LogP contribution in [-0.4, -0.2) is 19.5 Å². The first-order valence-electron chi connectivity index (χ1n) is 6.54. The lowest BCUT2D eigenvalue weighted by Crippen LogP contribution is -2.34. The number of aliphatic imine (C=N–C) groups is 1. The summed E-state index contributed by atoms with van der Waals surface area (Å²) in [5.74, 6) is 1.68. The third-order valence-electron chi connectivity index (χ3n) is 2.59. The van der Waals surface area contributed by atoms with Crippen LogP contribution in [0.5, 0.6) is 5.75 Å². The van der Waals surface area contributed by atoms with E-state index in [1.165, 1.54) is 6.42 Å². The second kappa shape index (κ2) is 7.59. The lowest BCUT2D eigenvalue weighted by Gasteiger charge is -2.29. The lowest BCUT2D eigenvalue weighted by atomic mass is 10.1. The predicted molar refractivity (Wildman–Crippen MR) is 81.8 cm³/mol. The average Bonchev–Trinajstić information content (AvgIpc) is 2.46. The van der Waals surface area contributed by atoms with Gasteiger partial charge in [0.1, 0.15) is 18.2 Å². The molecule has 1 aliphatic heterocycles. The summed E-state index contributed by atoms with van der Waals surface area (Å²) in [6.45, 7) is 9.03. The highest BCUT2D eigenvalue weighted by atomic mass is 16.5. The average molecular weight is 261 g/mol. The van der Waals surface area contributed by atoms with Crippen LogP contribution in [0, 0.1) is 0 Å². The highest BCUT2D eigenvalue weighted by Crippen LogP contribution is 2.33. The van der Waals surface area contributed by atoms with Crippen LogP contribution in [0.3, 0.4) is 0 Å². The van der Waals surface area contributed by atoms with Crippen LogP contribution < -0.4 is 15.4 Å². The number of ether oxygens (including phenoxy) is 1. The predicted octanol–water partition coefficient (Wildman–Crippen LogP) is 2.93. The maximum atomic E-state index is 5.62. The fourth-order valence-corrected chi connectivity index (χ4v) is 1.73. The molecule has 0 fully saturated rings. The number of hydrogen-bond donors (Lipinski definition) is 1. The molecule has 0 bridgehead atoms. The Bertz CT molecular complexity index is 455. The van der Waals surface area contributed by atoms with Crippen molar-refractivity contribution in [3.05, 3.63) is 36.5 Å². The van der Waals surface area contributed by atoms with Crippen LogP contribution >= 0.6 is 0 Å². The monoisotopic (exact) mass is 261 g/mol. The number of benzene rings is 1. The third kappa shape index (κ3) is 3.58. The smallest absolute Gasteiger partial charge is 0.146 e. The Hall–Kier alpha value is -1.81. The Morgan fingerprint density at radius 1 is 1.47 bits per heavy atom. The molecule has 0 saturated heterocycles. The van der Waals surface area contributed by atoms with Crippen molar-refractivity contribution in [3.8, 4) is 5.75 Å². The number of hydrogen-bond acceptors (Lipinski definition) is 3. The number of nitrogens with zero attached hydrogens (tertiary/aromatic N) is 2. The molecule has 1 aliphatic rings. The van der Waals surface area contributed by atoms with Crippen molar-refractivity contribution in [3.63, 3.8) is 0 Å². The second-order valence-electron chi connectivity index (χ2n) is 4.19. The van der Waals surface area contributed by atoms with E-state index < -0.39 is 0 Å². The number of amidine groups is 1. The molecule has 0 atom stereocenters. The molecule has 2 rings (SSSR count). The molecule has 1 heterocycles. The minimum Gasteiger partial charge on any atom is -0.483 e. The molecule has 4 nitrogen and oxygen atoms in total. The molecule has 0 saturated carbocycles. The number of rotatable bonds is 2. The quantitative estimate of drug-likeness (QED) is 0.890. The molecule has 0 radical (unpaired) electrons. The Balaban J connectivity index is 0.000000550. The van der Waals surface area contributed by atoms with E-state index in [1.54, 1.807) is 13.2 Å². The minimum atomic E-state index is 0.470. The van der Waals surface area contributed by atoms with E-state index in [2.05, 4.69) is 25.4 Å². The van der Waals surface area contributed by atoms with Gasteiger partial charge < -0.3 is 10.5 Å². The van der Waals surface area contributed by atoms with Gasteiger partial charge in [-0.15, -0.1) is 0 Å². The normalized spacial score (nSPS) is 15.2. The summed E-state index contributed by atoms with van der Waals surface area (Å²) < 4.78 is 5.60. The molecule has 1 aromatic carbocycles. The maximum Gasteiger partial charge on any atom is 0.146 e. The number of fused-ring (bicyclic) bond motifs is 1. The topological polar surface area (TPSA) is 50.8 Å². The van der Waals surface area contributed by atoms with Crippen LogP contribution in [0.2, 0.25) is 0 Å². The first-order valence-corrected chi connectivity index (χ1v) is 6.54. The molecule has 0 spiro atoms. The Morgan fingerprint density at radius 2 is 2.16 bits per heavy atom. The van der Waals surface area contributed by atoms with E-state index >= 15 is 0 Å². The van der Waals surface area contributed by atoms with E-state index in [-0.39, 0.29) is 0 Å². The molecular weight excluding hydrogens is 238 g/mol. The lowest BCUT2D eigenvalue weighted by molar-refractivity contribution is 0.368. The fourth-order valence-electron chi connectivity index (χ4n) is 1.73. The zero-order valence-corrected chi connectivity index (χ0v) is 12.0. The molecule has 0 unspecified atom stereocenters. The van der Waals surface area contributed by atoms with Gasteiger partial charge in [0.15, 0.2) is 0 Å². The van der Waals surface area contributed by atoms with E-state index in [9.17, 15) is 0 Å². The number of nitrogens with two attached hydrogens (primary N) is 1.